The molecule has 1 aliphatic heterocycles. The summed E-state index contributed by atoms with van der Waals surface area (Å²) in [6.07, 6.45) is 0. The summed E-state index contributed by atoms with van der Waals surface area (Å²) in [5.41, 5.74) is 4.91. The van der Waals surface area contributed by atoms with Gasteiger partial charge in [0.05, 0.1) is 12.1 Å². The topological polar surface area (TPSA) is 49.4 Å². The Hall–Kier alpha value is -3.73. The Morgan fingerprint density at radius 2 is 1.42 bits per heavy atom. The zero-order chi connectivity index (χ0) is 23.8. The minimum Gasteiger partial charge on any atom is -0.350 e. The van der Waals surface area contributed by atoms with Gasteiger partial charge >= 0.3 is 0 Å². The summed E-state index contributed by atoms with van der Waals surface area (Å²) in [5, 5.41) is 3.20. The van der Waals surface area contributed by atoms with E-state index >= 15 is 0 Å². The van der Waals surface area contributed by atoms with Gasteiger partial charge in [0.25, 0.3) is 11.8 Å². The number of aryl methyl sites for hydroxylation is 1. The highest BCUT2D eigenvalue weighted by molar-refractivity contribution is 6.36. The first-order valence-electron chi connectivity index (χ1n) is 10.9. The predicted octanol–water partition coefficient (Wildman–Crippen LogP) is 5.82. The summed E-state index contributed by atoms with van der Waals surface area (Å²) >= 11 is 0. The van der Waals surface area contributed by atoms with Crippen LogP contribution in [0.3, 0.4) is 0 Å². The van der Waals surface area contributed by atoms with Crippen molar-refractivity contribution in [3.63, 3.8) is 0 Å². The van der Waals surface area contributed by atoms with Crippen LogP contribution in [0, 0.1) is 12.7 Å². The van der Waals surface area contributed by atoms with E-state index in [1.807, 2.05) is 55.5 Å². The quantitative estimate of drug-likeness (QED) is 0.506. The Bertz CT molecular complexity index is 1220. The average Bonchev–Trinajstić information content (AvgIpc) is 3.00. The van der Waals surface area contributed by atoms with Crippen LogP contribution < -0.4 is 5.32 Å². The number of carbonyl (C=O) groups excluding carboxylic acids is 2. The SMILES string of the molecule is Cc1ccc(C2=C(Nc3ccc(C(C)(C)C)cc3)C(=O)N(Cc3ccc(F)cc3)C2=O)cc1. The third-order valence-corrected chi connectivity index (χ3v) is 5.78. The number of hydrogen-bond donors (Lipinski definition) is 1. The first-order valence-corrected chi connectivity index (χ1v) is 10.9. The van der Waals surface area contributed by atoms with Crippen LogP contribution in [0.4, 0.5) is 10.1 Å². The molecule has 0 aromatic heterocycles. The maximum Gasteiger partial charge on any atom is 0.278 e. The van der Waals surface area contributed by atoms with Gasteiger partial charge in [-0.2, -0.15) is 0 Å². The van der Waals surface area contributed by atoms with E-state index in [2.05, 4.69) is 26.1 Å². The van der Waals surface area contributed by atoms with Gasteiger partial charge in [-0.05, 0) is 53.3 Å². The molecule has 1 aliphatic rings. The lowest BCUT2D eigenvalue weighted by Gasteiger charge is -2.19. The molecule has 0 spiro atoms. The maximum absolute atomic E-state index is 13.4. The van der Waals surface area contributed by atoms with Crippen molar-refractivity contribution in [3.05, 3.63) is 107 Å². The van der Waals surface area contributed by atoms with Gasteiger partial charge in [0.2, 0.25) is 0 Å². The van der Waals surface area contributed by atoms with Gasteiger partial charge in [0, 0.05) is 5.69 Å². The van der Waals surface area contributed by atoms with Crippen molar-refractivity contribution < 1.29 is 14.0 Å². The number of halogens is 1. The summed E-state index contributed by atoms with van der Waals surface area (Å²) in [7, 11) is 0. The molecule has 2 amide bonds. The van der Waals surface area contributed by atoms with Crippen molar-refractivity contribution in [1.29, 1.82) is 0 Å². The summed E-state index contributed by atoms with van der Waals surface area (Å²) < 4.78 is 13.3. The molecule has 3 aromatic carbocycles. The van der Waals surface area contributed by atoms with Crippen LogP contribution in [-0.4, -0.2) is 16.7 Å². The van der Waals surface area contributed by atoms with Crippen molar-refractivity contribution in [2.45, 2.75) is 39.7 Å². The van der Waals surface area contributed by atoms with Crippen molar-refractivity contribution in [2.24, 2.45) is 0 Å². The van der Waals surface area contributed by atoms with E-state index in [4.69, 9.17) is 0 Å². The van der Waals surface area contributed by atoms with Crippen LogP contribution in [0.15, 0.2) is 78.5 Å². The summed E-state index contributed by atoms with van der Waals surface area (Å²) in [4.78, 5) is 28.0. The fraction of sp³-hybridized carbons (Fsp3) is 0.214. The average molecular weight is 443 g/mol. The molecule has 0 radical (unpaired) electrons. The molecule has 4 rings (SSSR count). The Balaban J connectivity index is 1.70. The molecule has 0 aliphatic carbocycles. The Morgan fingerprint density at radius 1 is 0.818 bits per heavy atom. The van der Waals surface area contributed by atoms with Gasteiger partial charge in [-0.25, -0.2) is 4.39 Å². The summed E-state index contributed by atoms with van der Waals surface area (Å²) in [6.45, 7) is 8.46. The lowest BCUT2D eigenvalue weighted by Crippen LogP contribution is -2.32. The van der Waals surface area contributed by atoms with Gasteiger partial charge in [0.1, 0.15) is 11.5 Å². The maximum atomic E-state index is 13.4. The highest BCUT2D eigenvalue weighted by atomic mass is 19.1. The molecule has 168 valence electrons. The lowest BCUT2D eigenvalue weighted by molar-refractivity contribution is -0.137. The van der Waals surface area contributed by atoms with Crippen molar-refractivity contribution in [1.82, 2.24) is 4.90 Å². The number of hydrogen-bond acceptors (Lipinski definition) is 3. The van der Waals surface area contributed by atoms with Crippen molar-refractivity contribution in [2.75, 3.05) is 5.32 Å². The van der Waals surface area contributed by atoms with Gasteiger partial charge < -0.3 is 5.32 Å². The molecular weight excluding hydrogens is 415 g/mol. The summed E-state index contributed by atoms with van der Waals surface area (Å²) in [5.74, 6) is -1.14. The molecule has 4 nitrogen and oxygen atoms in total. The number of nitrogens with one attached hydrogen (secondary N) is 1. The molecule has 1 N–H and O–H groups in total. The minimum atomic E-state index is -0.403. The van der Waals surface area contributed by atoms with E-state index in [1.54, 1.807) is 12.1 Å². The van der Waals surface area contributed by atoms with E-state index in [0.717, 1.165) is 11.3 Å². The highest BCUT2D eigenvalue weighted by Gasteiger charge is 2.39. The molecule has 0 fully saturated rings. The fourth-order valence-electron chi connectivity index (χ4n) is 3.79. The van der Waals surface area contributed by atoms with E-state index in [0.29, 0.717) is 16.7 Å². The number of carbonyl (C=O) groups is 2. The molecule has 0 bridgehead atoms. The second-order valence-corrected chi connectivity index (χ2v) is 9.39. The predicted molar refractivity (Wildman–Crippen MR) is 129 cm³/mol. The van der Waals surface area contributed by atoms with Crippen molar-refractivity contribution in [3.8, 4) is 0 Å². The number of rotatable bonds is 5. The molecule has 0 saturated heterocycles. The second-order valence-electron chi connectivity index (χ2n) is 9.39. The fourth-order valence-corrected chi connectivity index (χ4v) is 3.79. The highest BCUT2D eigenvalue weighted by Crippen LogP contribution is 2.32. The minimum absolute atomic E-state index is 0.00988. The first kappa shape index (κ1) is 22.5. The number of benzene rings is 3. The molecular formula is C28H27FN2O2. The number of anilines is 1. The normalized spacial score (nSPS) is 14.3. The third kappa shape index (κ3) is 4.72. The lowest BCUT2D eigenvalue weighted by atomic mass is 9.87. The van der Waals surface area contributed by atoms with E-state index in [9.17, 15) is 14.0 Å². The van der Waals surface area contributed by atoms with Crippen LogP contribution in [-0.2, 0) is 21.5 Å². The number of nitrogens with zero attached hydrogens (tertiary/aromatic N) is 1. The Morgan fingerprint density at radius 3 is 2.00 bits per heavy atom. The number of amides is 2. The molecule has 1 heterocycles. The van der Waals surface area contributed by atoms with E-state index in [1.165, 1.54) is 22.6 Å². The van der Waals surface area contributed by atoms with Crippen LogP contribution in [0.1, 0.15) is 43.0 Å². The van der Waals surface area contributed by atoms with Crippen LogP contribution in [0.5, 0.6) is 0 Å². The van der Waals surface area contributed by atoms with Crippen molar-refractivity contribution >= 4 is 23.1 Å². The molecule has 5 heteroatoms. The van der Waals surface area contributed by atoms with Gasteiger partial charge in [0.15, 0.2) is 0 Å². The molecule has 33 heavy (non-hydrogen) atoms. The summed E-state index contributed by atoms with van der Waals surface area (Å²) in [6, 6.07) is 21.2. The molecule has 0 unspecified atom stereocenters. The molecule has 0 atom stereocenters. The Kier molecular flexibility index (Phi) is 5.90. The van der Waals surface area contributed by atoms with Crippen LogP contribution in [0.2, 0.25) is 0 Å². The largest absolute Gasteiger partial charge is 0.350 e. The zero-order valence-electron chi connectivity index (χ0n) is 19.3. The van der Waals surface area contributed by atoms with Gasteiger partial charge in [-0.3, -0.25) is 14.5 Å². The molecule has 0 saturated carbocycles. The first-order chi connectivity index (χ1) is 15.6. The molecule has 3 aromatic rings. The third-order valence-electron chi connectivity index (χ3n) is 5.78. The van der Waals surface area contributed by atoms with Gasteiger partial charge in [-0.1, -0.05) is 74.9 Å². The van der Waals surface area contributed by atoms with E-state index in [-0.39, 0.29) is 29.4 Å². The Labute approximate surface area is 193 Å². The zero-order valence-corrected chi connectivity index (χ0v) is 19.3. The number of imide groups is 1. The van der Waals surface area contributed by atoms with Gasteiger partial charge in [-0.15, -0.1) is 0 Å². The second kappa shape index (κ2) is 8.66. The smallest absolute Gasteiger partial charge is 0.278 e. The van der Waals surface area contributed by atoms with Crippen LogP contribution >= 0.6 is 0 Å². The monoisotopic (exact) mass is 442 g/mol. The standard InChI is InChI=1S/C28H27FN2O2/c1-18-5-9-20(10-6-18)24-25(30-23-15-11-21(12-16-23)28(2,3)4)27(33)31(26(24)32)17-19-7-13-22(29)14-8-19/h5-16,30H,17H2,1-4H3. The van der Waals surface area contributed by atoms with E-state index < -0.39 is 5.91 Å². The van der Waals surface area contributed by atoms with Crippen LogP contribution in [0.25, 0.3) is 5.57 Å².